The number of carbonyl (C=O) groups is 1. The summed E-state index contributed by atoms with van der Waals surface area (Å²) in [6.07, 6.45) is 6.56. The molecule has 0 spiro atoms. The van der Waals surface area contributed by atoms with Gasteiger partial charge in [-0.15, -0.1) is 0 Å². The molecule has 3 heteroatoms. The van der Waals surface area contributed by atoms with Gasteiger partial charge in [0, 0.05) is 19.0 Å². The molecule has 1 amide bonds. The summed E-state index contributed by atoms with van der Waals surface area (Å²) in [6.45, 7) is 3.40. The van der Waals surface area contributed by atoms with Crippen LogP contribution < -0.4 is 0 Å². The molecule has 92 valence electrons. The van der Waals surface area contributed by atoms with Gasteiger partial charge in [-0.05, 0) is 31.6 Å². The van der Waals surface area contributed by atoms with Crippen LogP contribution >= 0.6 is 0 Å². The molecular weight excluding hydrogens is 202 g/mol. The summed E-state index contributed by atoms with van der Waals surface area (Å²) in [7, 11) is 0. The van der Waals surface area contributed by atoms with Gasteiger partial charge < -0.3 is 10.0 Å². The zero-order chi connectivity index (χ0) is 11.5. The van der Waals surface area contributed by atoms with E-state index in [1.165, 1.54) is 12.8 Å². The van der Waals surface area contributed by atoms with E-state index in [0.29, 0.717) is 12.5 Å². The number of rotatable bonds is 3. The topological polar surface area (TPSA) is 40.5 Å². The Morgan fingerprint density at radius 2 is 2.00 bits per heavy atom. The molecule has 0 radical (unpaired) electrons. The van der Waals surface area contributed by atoms with Crippen LogP contribution in [0.25, 0.3) is 0 Å². The number of aliphatic hydroxyl groups excluding tert-OH is 1. The van der Waals surface area contributed by atoms with Gasteiger partial charge in [-0.3, -0.25) is 4.79 Å². The number of hydrogen-bond acceptors (Lipinski definition) is 2. The minimum Gasteiger partial charge on any atom is -0.391 e. The number of piperidine rings is 1. The average Bonchev–Trinajstić information content (AvgIpc) is 2.78. The second kappa shape index (κ2) is 5.17. The number of β-amino-alcohol motifs (C(OH)–C–C–N with tert-alkyl or cyclic N) is 1. The van der Waals surface area contributed by atoms with E-state index >= 15 is 0 Å². The molecule has 1 N–H and O–H groups in total. The predicted molar refractivity (Wildman–Crippen MR) is 62.9 cm³/mol. The number of nitrogens with zero attached hydrogens (tertiary/aromatic N) is 1. The SMILES string of the molecule is CC1CCCN(CC(O)C2CCCC2)C1=O. The van der Waals surface area contributed by atoms with Gasteiger partial charge in [0.25, 0.3) is 0 Å². The summed E-state index contributed by atoms with van der Waals surface area (Å²) >= 11 is 0. The Hall–Kier alpha value is -0.570. The van der Waals surface area contributed by atoms with Gasteiger partial charge >= 0.3 is 0 Å². The Balaban J connectivity index is 1.85. The van der Waals surface area contributed by atoms with E-state index in [-0.39, 0.29) is 17.9 Å². The van der Waals surface area contributed by atoms with Crippen molar-refractivity contribution in [2.45, 2.75) is 51.6 Å². The molecule has 2 fully saturated rings. The van der Waals surface area contributed by atoms with E-state index in [2.05, 4.69) is 0 Å². The van der Waals surface area contributed by atoms with Crippen LogP contribution in [-0.2, 0) is 4.79 Å². The van der Waals surface area contributed by atoms with Crippen molar-refractivity contribution in [2.75, 3.05) is 13.1 Å². The van der Waals surface area contributed by atoms with Gasteiger partial charge in [0.2, 0.25) is 5.91 Å². The lowest BCUT2D eigenvalue weighted by Crippen LogP contribution is -2.45. The number of carbonyl (C=O) groups excluding carboxylic acids is 1. The molecule has 2 atom stereocenters. The van der Waals surface area contributed by atoms with Gasteiger partial charge in [0.1, 0.15) is 0 Å². The second-order valence-corrected chi connectivity index (χ2v) is 5.44. The van der Waals surface area contributed by atoms with Crippen LogP contribution in [0, 0.1) is 11.8 Å². The van der Waals surface area contributed by atoms with Gasteiger partial charge in [-0.1, -0.05) is 19.8 Å². The lowest BCUT2D eigenvalue weighted by Gasteiger charge is -2.33. The lowest BCUT2D eigenvalue weighted by atomic mass is 9.96. The van der Waals surface area contributed by atoms with Gasteiger partial charge in [0.15, 0.2) is 0 Å². The highest BCUT2D eigenvalue weighted by atomic mass is 16.3. The fourth-order valence-electron chi connectivity index (χ4n) is 3.03. The van der Waals surface area contributed by atoms with Crippen molar-refractivity contribution in [3.8, 4) is 0 Å². The molecule has 0 bridgehead atoms. The fourth-order valence-corrected chi connectivity index (χ4v) is 3.03. The quantitative estimate of drug-likeness (QED) is 0.795. The molecular formula is C13H23NO2. The fraction of sp³-hybridized carbons (Fsp3) is 0.923. The summed E-state index contributed by atoms with van der Waals surface area (Å²) in [5, 5.41) is 10.1. The Morgan fingerprint density at radius 3 is 2.69 bits per heavy atom. The van der Waals surface area contributed by atoms with Crippen LogP contribution in [-0.4, -0.2) is 35.1 Å². The first kappa shape index (κ1) is 11.9. The monoisotopic (exact) mass is 225 g/mol. The van der Waals surface area contributed by atoms with E-state index < -0.39 is 0 Å². The molecule has 1 aliphatic carbocycles. The van der Waals surface area contributed by atoms with Crippen molar-refractivity contribution < 1.29 is 9.90 Å². The van der Waals surface area contributed by atoms with E-state index in [9.17, 15) is 9.90 Å². The molecule has 16 heavy (non-hydrogen) atoms. The molecule has 0 aromatic carbocycles. The van der Waals surface area contributed by atoms with E-state index in [0.717, 1.165) is 32.2 Å². The number of likely N-dealkylation sites (tertiary alicyclic amines) is 1. The highest BCUT2D eigenvalue weighted by Gasteiger charge is 2.30. The largest absolute Gasteiger partial charge is 0.391 e. The lowest BCUT2D eigenvalue weighted by molar-refractivity contribution is -0.139. The predicted octanol–water partition coefficient (Wildman–Crippen LogP) is 1.80. The number of aliphatic hydroxyl groups is 1. The van der Waals surface area contributed by atoms with E-state index in [1.807, 2.05) is 11.8 Å². The van der Waals surface area contributed by atoms with Crippen molar-refractivity contribution in [2.24, 2.45) is 11.8 Å². The molecule has 0 aromatic heterocycles. The summed E-state index contributed by atoms with van der Waals surface area (Å²) in [5.74, 6) is 0.831. The van der Waals surface area contributed by atoms with Crippen molar-refractivity contribution in [3.63, 3.8) is 0 Å². The second-order valence-electron chi connectivity index (χ2n) is 5.44. The number of amides is 1. The summed E-state index contributed by atoms with van der Waals surface area (Å²) < 4.78 is 0. The maximum Gasteiger partial charge on any atom is 0.225 e. The molecule has 1 aliphatic heterocycles. The normalized spacial score (nSPS) is 29.8. The Kier molecular flexibility index (Phi) is 3.85. The first-order valence-corrected chi connectivity index (χ1v) is 6.65. The number of hydrogen-bond donors (Lipinski definition) is 1. The van der Waals surface area contributed by atoms with Gasteiger partial charge in [0.05, 0.1) is 6.10 Å². The van der Waals surface area contributed by atoms with Crippen molar-refractivity contribution in [3.05, 3.63) is 0 Å². The third kappa shape index (κ3) is 2.57. The smallest absolute Gasteiger partial charge is 0.225 e. The maximum atomic E-state index is 11.9. The Morgan fingerprint density at radius 1 is 1.31 bits per heavy atom. The molecule has 2 rings (SSSR count). The third-order valence-corrected chi connectivity index (χ3v) is 4.15. The Labute approximate surface area is 97.8 Å². The highest BCUT2D eigenvalue weighted by molar-refractivity contribution is 5.79. The van der Waals surface area contributed by atoms with Gasteiger partial charge in [-0.2, -0.15) is 0 Å². The van der Waals surface area contributed by atoms with Crippen molar-refractivity contribution >= 4 is 5.91 Å². The molecule has 1 saturated carbocycles. The van der Waals surface area contributed by atoms with Crippen LogP contribution in [0.1, 0.15) is 45.4 Å². The first-order valence-electron chi connectivity index (χ1n) is 6.65. The van der Waals surface area contributed by atoms with Crippen LogP contribution in [0.4, 0.5) is 0 Å². The highest BCUT2D eigenvalue weighted by Crippen LogP contribution is 2.28. The third-order valence-electron chi connectivity index (χ3n) is 4.15. The summed E-state index contributed by atoms with van der Waals surface area (Å²) in [4.78, 5) is 13.8. The zero-order valence-electron chi connectivity index (χ0n) is 10.2. The van der Waals surface area contributed by atoms with Gasteiger partial charge in [-0.25, -0.2) is 0 Å². The molecule has 3 nitrogen and oxygen atoms in total. The Bertz CT molecular complexity index is 248. The van der Waals surface area contributed by atoms with E-state index in [4.69, 9.17) is 0 Å². The van der Waals surface area contributed by atoms with Crippen LogP contribution in [0.15, 0.2) is 0 Å². The standard InChI is InChI=1S/C13H23NO2/c1-10-5-4-8-14(13(10)16)9-12(15)11-6-2-3-7-11/h10-12,15H,2-9H2,1H3. The maximum absolute atomic E-state index is 11.9. The van der Waals surface area contributed by atoms with Crippen LogP contribution in [0.5, 0.6) is 0 Å². The first-order chi connectivity index (χ1) is 7.68. The molecule has 1 heterocycles. The molecule has 2 aliphatic rings. The molecule has 1 saturated heterocycles. The molecule has 0 aromatic rings. The van der Waals surface area contributed by atoms with Crippen molar-refractivity contribution in [1.82, 2.24) is 4.90 Å². The van der Waals surface area contributed by atoms with Crippen molar-refractivity contribution in [1.29, 1.82) is 0 Å². The van der Waals surface area contributed by atoms with Crippen LogP contribution in [0.2, 0.25) is 0 Å². The average molecular weight is 225 g/mol. The summed E-state index contributed by atoms with van der Waals surface area (Å²) in [6, 6.07) is 0. The van der Waals surface area contributed by atoms with E-state index in [1.54, 1.807) is 0 Å². The minimum absolute atomic E-state index is 0.157. The molecule has 2 unspecified atom stereocenters. The zero-order valence-corrected chi connectivity index (χ0v) is 10.2. The van der Waals surface area contributed by atoms with Crippen LogP contribution in [0.3, 0.4) is 0 Å². The minimum atomic E-state index is -0.295. The summed E-state index contributed by atoms with van der Waals surface area (Å²) in [5.41, 5.74) is 0.